The third-order valence-electron chi connectivity index (χ3n) is 1.96. The number of aromatic nitrogens is 2. The van der Waals surface area contributed by atoms with Crippen molar-refractivity contribution in [2.75, 3.05) is 32.2 Å². The molecule has 5 nitrogen and oxygen atoms in total. The van der Waals surface area contributed by atoms with Crippen LogP contribution < -0.4 is 10.1 Å². The van der Waals surface area contributed by atoms with Crippen LogP contribution in [0.2, 0.25) is 0 Å². The summed E-state index contributed by atoms with van der Waals surface area (Å²) in [4.78, 5) is 8.29. The van der Waals surface area contributed by atoms with Crippen LogP contribution in [-0.2, 0) is 4.74 Å². The number of rotatable bonds is 7. The molecule has 0 bridgehead atoms. The van der Waals surface area contributed by atoms with Crippen molar-refractivity contribution in [3.05, 3.63) is 11.8 Å². The van der Waals surface area contributed by atoms with E-state index in [2.05, 4.69) is 22.2 Å². The standard InChI is InChI=1S/C11H19N3O2/c1-4-5-15-6-7-16-10-9(2)8-13-11(12-3)14-10/h8H,4-7H2,1-3H3,(H,12,13,14). The highest BCUT2D eigenvalue weighted by molar-refractivity contribution is 5.31. The van der Waals surface area contributed by atoms with E-state index in [9.17, 15) is 0 Å². The lowest BCUT2D eigenvalue weighted by Gasteiger charge is -2.09. The molecule has 16 heavy (non-hydrogen) atoms. The fourth-order valence-corrected chi connectivity index (χ4v) is 1.14. The summed E-state index contributed by atoms with van der Waals surface area (Å²) < 4.78 is 10.8. The van der Waals surface area contributed by atoms with Crippen molar-refractivity contribution < 1.29 is 9.47 Å². The Bertz CT molecular complexity index is 318. The largest absolute Gasteiger partial charge is 0.475 e. The predicted octanol–water partition coefficient (Wildman–Crippen LogP) is 1.63. The van der Waals surface area contributed by atoms with Gasteiger partial charge in [0.15, 0.2) is 0 Å². The van der Waals surface area contributed by atoms with E-state index in [1.165, 1.54) is 0 Å². The monoisotopic (exact) mass is 225 g/mol. The zero-order valence-corrected chi connectivity index (χ0v) is 10.1. The van der Waals surface area contributed by atoms with Crippen molar-refractivity contribution in [2.24, 2.45) is 0 Å². The molecule has 0 fully saturated rings. The van der Waals surface area contributed by atoms with Gasteiger partial charge in [-0.05, 0) is 13.3 Å². The molecule has 0 spiro atoms. The van der Waals surface area contributed by atoms with Gasteiger partial charge in [-0.15, -0.1) is 0 Å². The molecule has 90 valence electrons. The lowest BCUT2D eigenvalue weighted by molar-refractivity contribution is 0.0987. The molecule has 0 aliphatic heterocycles. The fourth-order valence-electron chi connectivity index (χ4n) is 1.14. The molecule has 1 aromatic rings. The molecule has 0 atom stereocenters. The number of nitrogens with one attached hydrogen (secondary N) is 1. The van der Waals surface area contributed by atoms with Crippen LogP contribution in [-0.4, -0.2) is 36.8 Å². The Morgan fingerprint density at radius 3 is 2.81 bits per heavy atom. The van der Waals surface area contributed by atoms with Crippen LogP contribution >= 0.6 is 0 Å². The Morgan fingerprint density at radius 1 is 1.31 bits per heavy atom. The summed E-state index contributed by atoms with van der Waals surface area (Å²) in [7, 11) is 1.78. The Labute approximate surface area is 96.2 Å². The smallest absolute Gasteiger partial charge is 0.225 e. The van der Waals surface area contributed by atoms with Gasteiger partial charge in [0, 0.05) is 25.4 Å². The third-order valence-corrected chi connectivity index (χ3v) is 1.96. The molecule has 0 aliphatic rings. The van der Waals surface area contributed by atoms with E-state index >= 15 is 0 Å². The van der Waals surface area contributed by atoms with E-state index in [0.717, 1.165) is 18.6 Å². The number of nitrogens with zero attached hydrogens (tertiary/aromatic N) is 2. The predicted molar refractivity (Wildman–Crippen MR) is 62.9 cm³/mol. The van der Waals surface area contributed by atoms with Gasteiger partial charge >= 0.3 is 0 Å². The fraction of sp³-hybridized carbons (Fsp3) is 0.636. The highest BCUT2D eigenvalue weighted by Gasteiger charge is 2.03. The summed E-state index contributed by atoms with van der Waals surface area (Å²) in [5, 5.41) is 2.87. The van der Waals surface area contributed by atoms with Crippen molar-refractivity contribution in [1.29, 1.82) is 0 Å². The summed E-state index contributed by atoms with van der Waals surface area (Å²) in [5.41, 5.74) is 0.925. The number of aryl methyl sites for hydroxylation is 1. The zero-order chi connectivity index (χ0) is 11.8. The molecular formula is C11H19N3O2. The van der Waals surface area contributed by atoms with Crippen LogP contribution in [0.25, 0.3) is 0 Å². The summed E-state index contributed by atoms with van der Waals surface area (Å²) in [6.45, 7) is 5.87. The maximum Gasteiger partial charge on any atom is 0.225 e. The molecule has 0 amide bonds. The van der Waals surface area contributed by atoms with E-state index in [0.29, 0.717) is 25.0 Å². The minimum absolute atomic E-state index is 0.515. The van der Waals surface area contributed by atoms with E-state index in [1.807, 2.05) is 6.92 Å². The summed E-state index contributed by atoms with van der Waals surface area (Å²) in [5.74, 6) is 1.18. The van der Waals surface area contributed by atoms with E-state index < -0.39 is 0 Å². The van der Waals surface area contributed by atoms with Crippen LogP contribution in [0.1, 0.15) is 18.9 Å². The zero-order valence-electron chi connectivity index (χ0n) is 10.1. The maximum atomic E-state index is 5.51. The third kappa shape index (κ3) is 4.02. The first-order valence-electron chi connectivity index (χ1n) is 5.49. The van der Waals surface area contributed by atoms with Gasteiger partial charge in [-0.3, -0.25) is 0 Å². The average molecular weight is 225 g/mol. The van der Waals surface area contributed by atoms with Gasteiger partial charge in [-0.1, -0.05) is 6.92 Å². The summed E-state index contributed by atoms with van der Waals surface area (Å²) >= 11 is 0. The number of hydrogen-bond donors (Lipinski definition) is 1. The Hall–Kier alpha value is -1.36. The van der Waals surface area contributed by atoms with Crippen LogP contribution in [0.5, 0.6) is 5.88 Å². The van der Waals surface area contributed by atoms with Crippen molar-refractivity contribution in [3.8, 4) is 5.88 Å². The Morgan fingerprint density at radius 2 is 2.12 bits per heavy atom. The van der Waals surface area contributed by atoms with Crippen LogP contribution in [0.4, 0.5) is 5.95 Å². The Balaban J connectivity index is 2.40. The number of ether oxygens (including phenoxy) is 2. The second kappa shape index (κ2) is 7.00. The molecule has 1 N–H and O–H groups in total. The number of hydrogen-bond acceptors (Lipinski definition) is 5. The minimum Gasteiger partial charge on any atom is -0.475 e. The van der Waals surface area contributed by atoms with Crippen molar-refractivity contribution in [3.63, 3.8) is 0 Å². The summed E-state index contributed by atoms with van der Waals surface area (Å²) in [6.07, 6.45) is 2.76. The topological polar surface area (TPSA) is 56.3 Å². The molecular weight excluding hydrogens is 206 g/mol. The number of anilines is 1. The van der Waals surface area contributed by atoms with E-state index in [4.69, 9.17) is 9.47 Å². The van der Waals surface area contributed by atoms with Crippen LogP contribution in [0.3, 0.4) is 0 Å². The van der Waals surface area contributed by atoms with Gasteiger partial charge in [0.05, 0.1) is 6.61 Å². The lowest BCUT2D eigenvalue weighted by Crippen LogP contribution is -2.09. The van der Waals surface area contributed by atoms with E-state index in [-0.39, 0.29) is 0 Å². The molecule has 1 heterocycles. The van der Waals surface area contributed by atoms with Gasteiger partial charge in [0.2, 0.25) is 11.8 Å². The first kappa shape index (κ1) is 12.7. The average Bonchev–Trinajstić information content (AvgIpc) is 2.31. The molecule has 0 aliphatic carbocycles. The van der Waals surface area contributed by atoms with Crippen LogP contribution in [0, 0.1) is 6.92 Å². The minimum atomic E-state index is 0.515. The molecule has 5 heteroatoms. The molecule has 0 saturated heterocycles. The first-order chi connectivity index (χ1) is 7.77. The molecule has 1 rings (SSSR count). The van der Waals surface area contributed by atoms with Crippen molar-refractivity contribution in [2.45, 2.75) is 20.3 Å². The molecule has 0 unspecified atom stereocenters. The highest BCUT2D eigenvalue weighted by Crippen LogP contribution is 2.14. The van der Waals surface area contributed by atoms with Crippen molar-refractivity contribution >= 4 is 5.95 Å². The normalized spacial score (nSPS) is 10.2. The maximum absolute atomic E-state index is 5.51. The van der Waals surface area contributed by atoms with Gasteiger partial charge < -0.3 is 14.8 Å². The quantitative estimate of drug-likeness (QED) is 0.715. The molecule has 0 saturated carbocycles. The van der Waals surface area contributed by atoms with Crippen molar-refractivity contribution in [1.82, 2.24) is 9.97 Å². The second-order valence-electron chi connectivity index (χ2n) is 3.39. The Kier molecular flexibility index (Phi) is 5.56. The van der Waals surface area contributed by atoms with Gasteiger partial charge in [-0.25, -0.2) is 4.98 Å². The molecule has 0 radical (unpaired) electrons. The lowest BCUT2D eigenvalue weighted by atomic mass is 10.4. The van der Waals surface area contributed by atoms with Gasteiger partial charge in [0.1, 0.15) is 6.61 Å². The SMILES string of the molecule is CCCOCCOc1nc(NC)ncc1C. The molecule has 0 aromatic carbocycles. The second-order valence-corrected chi connectivity index (χ2v) is 3.39. The van der Waals surface area contributed by atoms with E-state index in [1.54, 1.807) is 13.2 Å². The first-order valence-corrected chi connectivity index (χ1v) is 5.49. The van der Waals surface area contributed by atoms with Gasteiger partial charge in [0.25, 0.3) is 0 Å². The highest BCUT2D eigenvalue weighted by atomic mass is 16.5. The summed E-state index contributed by atoms with van der Waals surface area (Å²) in [6, 6.07) is 0. The van der Waals surface area contributed by atoms with Crippen LogP contribution in [0.15, 0.2) is 6.20 Å². The van der Waals surface area contributed by atoms with Gasteiger partial charge in [-0.2, -0.15) is 4.98 Å². The molecule has 1 aromatic heterocycles.